The number of halogens is 1. The molecule has 1 N–H and O–H groups in total. The number of hydrogen-bond acceptors (Lipinski definition) is 5. The number of nitrogens with zero attached hydrogens (tertiary/aromatic N) is 1. The molecule has 24 heavy (non-hydrogen) atoms. The van der Waals surface area contributed by atoms with Crippen LogP contribution >= 0.6 is 11.6 Å². The maximum absolute atomic E-state index is 12.1. The molecule has 0 aliphatic carbocycles. The third kappa shape index (κ3) is 3.60. The van der Waals surface area contributed by atoms with Crippen LogP contribution in [0.15, 0.2) is 47.6 Å². The zero-order chi connectivity index (χ0) is 16.9. The monoisotopic (exact) mass is 346 g/mol. The van der Waals surface area contributed by atoms with Gasteiger partial charge in [-0.25, -0.2) is 5.43 Å². The Kier molecular flexibility index (Phi) is 4.86. The van der Waals surface area contributed by atoms with Crippen LogP contribution < -0.4 is 19.6 Å². The predicted molar refractivity (Wildman–Crippen MR) is 90.1 cm³/mol. The molecule has 1 aliphatic rings. The van der Waals surface area contributed by atoms with E-state index in [1.807, 2.05) is 12.1 Å². The first kappa shape index (κ1) is 16.1. The molecular formula is C17H15ClN2O4. The smallest absolute Gasteiger partial charge is 0.284 e. The van der Waals surface area contributed by atoms with Crippen molar-refractivity contribution in [2.75, 3.05) is 13.7 Å². The van der Waals surface area contributed by atoms with Crippen LogP contribution in [0.5, 0.6) is 17.2 Å². The summed E-state index contributed by atoms with van der Waals surface area (Å²) in [6.45, 7) is 0.124. The Hall–Kier alpha value is -2.73. The molecule has 2 aromatic carbocycles. The third-order valence-electron chi connectivity index (χ3n) is 3.37. The largest absolute Gasteiger partial charge is 0.496 e. The second kappa shape index (κ2) is 7.23. The minimum atomic E-state index is -0.765. The van der Waals surface area contributed by atoms with Gasteiger partial charge < -0.3 is 14.2 Å². The summed E-state index contributed by atoms with van der Waals surface area (Å²) < 4.78 is 16.3. The molecule has 7 heteroatoms. The van der Waals surface area contributed by atoms with Crippen LogP contribution in [0, 0.1) is 0 Å². The van der Waals surface area contributed by atoms with E-state index in [9.17, 15) is 4.79 Å². The lowest BCUT2D eigenvalue weighted by Gasteiger charge is -2.24. The van der Waals surface area contributed by atoms with E-state index in [2.05, 4.69) is 10.5 Å². The second-order valence-electron chi connectivity index (χ2n) is 4.98. The van der Waals surface area contributed by atoms with Crippen molar-refractivity contribution in [3.63, 3.8) is 0 Å². The fourth-order valence-electron chi connectivity index (χ4n) is 2.19. The van der Waals surface area contributed by atoms with Gasteiger partial charge in [0.2, 0.25) is 6.10 Å². The Morgan fingerprint density at radius 3 is 2.92 bits per heavy atom. The van der Waals surface area contributed by atoms with Gasteiger partial charge in [-0.3, -0.25) is 4.79 Å². The van der Waals surface area contributed by atoms with Gasteiger partial charge in [-0.15, -0.1) is 0 Å². The van der Waals surface area contributed by atoms with Crippen molar-refractivity contribution in [3.8, 4) is 17.2 Å². The van der Waals surface area contributed by atoms with E-state index in [0.29, 0.717) is 27.8 Å². The first-order valence-corrected chi connectivity index (χ1v) is 7.60. The van der Waals surface area contributed by atoms with Crippen LogP contribution in [0.25, 0.3) is 0 Å². The molecule has 2 aromatic rings. The van der Waals surface area contributed by atoms with Crippen LogP contribution in [0.3, 0.4) is 0 Å². The molecular weight excluding hydrogens is 332 g/mol. The Bertz CT molecular complexity index is 779. The van der Waals surface area contributed by atoms with Crippen LogP contribution in [0.4, 0.5) is 0 Å². The summed E-state index contributed by atoms with van der Waals surface area (Å²) in [6.07, 6.45) is 0.693. The number of fused-ring (bicyclic) bond motifs is 1. The van der Waals surface area contributed by atoms with E-state index < -0.39 is 12.0 Å². The number of nitrogens with one attached hydrogen (secondary N) is 1. The van der Waals surface area contributed by atoms with Gasteiger partial charge in [0.15, 0.2) is 11.5 Å². The van der Waals surface area contributed by atoms with Gasteiger partial charge in [0.25, 0.3) is 5.91 Å². The fraction of sp³-hybridized carbons (Fsp3) is 0.176. The van der Waals surface area contributed by atoms with Crippen LogP contribution in [-0.2, 0) is 4.79 Å². The molecule has 0 saturated carbocycles. The maximum atomic E-state index is 12.1. The summed E-state index contributed by atoms with van der Waals surface area (Å²) in [5.41, 5.74) is 3.08. The summed E-state index contributed by atoms with van der Waals surface area (Å²) in [5, 5.41) is 4.47. The van der Waals surface area contributed by atoms with Crippen LogP contribution in [-0.4, -0.2) is 31.9 Å². The highest BCUT2D eigenvalue weighted by atomic mass is 35.5. The molecule has 1 atom stereocenters. The molecule has 0 spiro atoms. The van der Waals surface area contributed by atoms with Gasteiger partial charge in [0, 0.05) is 10.6 Å². The van der Waals surface area contributed by atoms with Crippen molar-refractivity contribution in [1.29, 1.82) is 0 Å². The van der Waals surface area contributed by atoms with E-state index >= 15 is 0 Å². The van der Waals surface area contributed by atoms with Crippen molar-refractivity contribution < 1.29 is 19.0 Å². The van der Waals surface area contributed by atoms with Crippen molar-refractivity contribution in [1.82, 2.24) is 5.43 Å². The summed E-state index contributed by atoms with van der Waals surface area (Å²) in [6, 6.07) is 12.3. The number of ether oxygens (including phenoxy) is 3. The van der Waals surface area contributed by atoms with Crippen LogP contribution in [0.2, 0.25) is 5.02 Å². The average molecular weight is 347 g/mol. The van der Waals surface area contributed by atoms with Crippen molar-refractivity contribution in [2.24, 2.45) is 5.10 Å². The standard InChI is InChI=1S/C17H15ClN2O4/c1-22-13-7-6-12(18)8-11(13)9-19-20-17(21)16-10-23-14-4-2-3-5-15(14)24-16/h2-9,16H,10H2,1H3,(H,20,21)/b19-9-/t16-/m0/s1. The highest BCUT2D eigenvalue weighted by molar-refractivity contribution is 6.30. The number of carbonyl (C=O) groups excluding carboxylic acids is 1. The number of para-hydroxylation sites is 2. The quantitative estimate of drug-likeness (QED) is 0.682. The molecule has 1 heterocycles. The number of rotatable bonds is 4. The summed E-state index contributed by atoms with van der Waals surface area (Å²) in [7, 11) is 1.55. The fourth-order valence-corrected chi connectivity index (χ4v) is 2.37. The van der Waals surface area contributed by atoms with E-state index in [1.54, 1.807) is 37.4 Å². The number of amides is 1. The van der Waals surface area contributed by atoms with Gasteiger partial charge >= 0.3 is 0 Å². The lowest BCUT2D eigenvalue weighted by molar-refractivity contribution is -0.130. The van der Waals surface area contributed by atoms with Crippen molar-refractivity contribution >= 4 is 23.7 Å². The molecule has 0 fully saturated rings. The molecule has 1 amide bonds. The second-order valence-corrected chi connectivity index (χ2v) is 5.42. The summed E-state index contributed by atoms with van der Waals surface area (Å²) in [5.74, 6) is 1.35. The SMILES string of the molecule is COc1ccc(Cl)cc1/C=N\NC(=O)[C@@H]1COc2ccccc2O1. The van der Waals surface area contributed by atoms with Gasteiger partial charge in [-0.1, -0.05) is 23.7 Å². The summed E-state index contributed by atoms with van der Waals surface area (Å²) in [4.78, 5) is 12.1. The highest BCUT2D eigenvalue weighted by Gasteiger charge is 2.26. The predicted octanol–water partition coefficient (Wildman–Crippen LogP) is 2.64. The zero-order valence-corrected chi connectivity index (χ0v) is 13.6. The molecule has 0 radical (unpaired) electrons. The first-order valence-electron chi connectivity index (χ1n) is 7.22. The first-order chi connectivity index (χ1) is 11.7. The molecule has 0 unspecified atom stereocenters. The lowest BCUT2D eigenvalue weighted by Crippen LogP contribution is -2.42. The van der Waals surface area contributed by atoms with Crippen molar-refractivity contribution in [2.45, 2.75) is 6.10 Å². The average Bonchev–Trinajstić information content (AvgIpc) is 2.61. The Labute approximate surface area is 144 Å². The van der Waals surface area contributed by atoms with E-state index in [4.69, 9.17) is 25.8 Å². The van der Waals surface area contributed by atoms with Crippen LogP contribution in [0.1, 0.15) is 5.56 Å². The van der Waals surface area contributed by atoms with Gasteiger partial charge in [-0.05, 0) is 30.3 Å². The third-order valence-corrected chi connectivity index (χ3v) is 3.61. The number of methoxy groups -OCH3 is 1. The zero-order valence-electron chi connectivity index (χ0n) is 12.9. The van der Waals surface area contributed by atoms with Gasteiger partial charge in [0.1, 0.15) is 12.4 Å². The number of benzene rings is 2. The van der Waals surface area contributed by atoms with Crippen molar-refractivity contribution in [3.05, 3.63) is 53.1 Å². The topological polar surface area (TPSA) is 69.2 Å². The van der Waals surface area contributed by atoms with E-state index in [-0.39, 0.29) is 6.61 Å². The number of hydrazone groups is 1. The molecule has 1 aliphatic heterocycles. The van der Waals surface area contributed by atoms with Gasteiger partial charge in [0.05, 0.1) is 13.3 Å². The number of carbonyl (C=O) groups is 1. The highest BCUT2D eigenvalue weighted by Crippen LogP contribution is 2.30. The van der Waals surface area contributed by atoms with E-state index in [1.165, 1.54) is 6.21 Å². The Morgan fingerprint density at radius 2 is 2.12 bits per heavy atom. The molecule has 0 aromatic heterocycles. The van der Waals surface area contributed by atoms with Gasteiger partial charge in [-0.2, -0.15) is 5.10 Å². The molecule has 124 valence electrons. The lowest BCUT2D eigenvalue weighted by atomic mass is 10.2. The summed E-state index contributed by atoms with van der Waals surface area (Å²) >= 11 is 5.94. The Morgan fingerprint density at radius 1 is 1.33 bits per heavy atom. The molecule has 0 bridgehead atoms. The maximum Gasteiger partial charge on any atom is 0.284 e. The normalized spacial score (nSPS) is 16.0. The minimum absolute atomic E-state index is 0.124. The molecule has 0 saturated heterocycles. The minimum Gasteiger partial charge on any atom is -0.496 e. The Balaban J connectivity index is 1.63. The number of hydrogen-bond donors (Lipinski definition) is 1. The molecule has 6 nitrogen and oxygen atoms in total. The van der Waals surface area contributed by atoms with E-state index in [0.717, 1.165) is 0 Å². The molecule has 3 rings (SSSR count).